The molecule has 0 aliphatic carbocycles. The van der Waals surface area contributed by atoms with Crippen LogP contribution in [0.25, 0.3) is 0 Å². The number of amides is 1. The second-order valence-corrected chi connectivity index (χ2v) is 24.7. The van der Waals surface area contributed by atoms with Gasteiger partial charge in [-0.15, -0.1) is 0 Å². The van der Waals surface area contributed by atoms with Crippen LogP contribution in [-0.2, 0) is 27.9 Å². The van der Waals surface area contributed by atoms with Crippen LogP contribution in [0.3, 0.4) is 0 Å². The number of nitrogens with one attached hydrogen (secondary N) is 1. The molecular weight excluding hydrogens is 1000 g/mol. The number of phosphoric ester groups is 1. The Hall–Kier alpha value is -2.81. The standard InChI is InChI=1S/C69H125N2O7P/c1-7-10-13-16-19-22-25-28-30-32-34-35-37-38-40-43-46-49-52-55-58-61-68(72)70-66(65-77-79(74,75)76-64-63-71(4,5)6)67(60-57-54-51-48-45-42-27-24-21-18-15-12-9-3)78-69(73)62-59-56-53-50-47-44-41-39-36-33-31-29-26-23-20-17-14-11-8-2/h19-20,22-23,28-31,34-35,38,40,57,60,66-67H,7-18,21,24-27,32-33,36-37,39,41-56,58-59,61-65H2,1-6H3,(H-,70,72,74,75)/p+1/b22-19-,23-20-,30-28-,31-29-,35-34-,40-38-,60-57+. The molecule has 1 amide bonds. The molecule has 2 N–H and O–H groups in total. The molecule has 0 aromatic carbocycles. The fourth-order valence-electron chi connectivity index (χ4n) is 9.19. The van der Waals surface area contributed by atoms with Crippen LogP contribution in [0.15, 0.2) is 85.1 Å². The number of rotatable bonds is 59. The van der Waals surface area contributed by atoms with Gasteiger partial charge < -0.3 is 19.4 Å². The Morgan fingerprint density at radius 3 is 1.18 bits per heavy atom. The van der Waals surface area contributed by atoms with Gasteiger partial charge in [-0.05, 0) is 109 Å². The van der Waals surface area contributed by atoms with Crippen LogP contribution in [-0.4, -0.2) is 74.3 Å². The zero-order chi connectivity index (χ0) is 57.9. The lowest BCUT2D eigenvalue weighted by atomic mass is 10.0. The first kappa shape index (κ1) is 76.2. The number of carbonyl (C=O) groups excluding carboxylic acids is 2. The molecule has 0 rings (SSSR count). The Morgan fingerprint density at radius 1 is 0.443 bits per heavy atom. The van der Waals surface area contributed by atoms with Gasteiger partial charge in [-0.3, -0.25) is 18.6 Å². The lowest BCUT2D eigenvalue weighted by Gasteiger charge is -2.27. The monoisotopic (exact) mass is 1130 g/mol. The molecular formula is C69H126N2O7P+. The molecule has 0 aliphatic rings. The van der Waals surface area contributed by atoms with Gasteiger partial charge in [0.1, 0.15) is 19.3 Å². The summed E-state index contributed by atoms with van der Waals surface area (Å²) in [5.74, 6) is -0.528. The topological polar surface area (TPSA) is 111 Å². The number of esters is 1. The Balaban J connectivity index is 5.28. The van der Waals surface area contributed by atoms with Crippen LogP contribution in [0.4, 0.5) is 0 Å². The molecule has 0 saturated heterocycles. The first-order valence-electron chi connectivity index (χ1n) is 32.9. The number of hydrogen-bond acceptors (Lipinski definition) is 6. The molecule has 458 valence electrons. The number of phosphoric acid groups is 1. The third-order valence-corrected chi connectivity index (χ3v) is 15.3. The Bertz CT molecular complexity index is 1630. The fraction of sp³-hybridized carbons (Fsp3) is 0.768. The minimum atomic E-state index is -4.46. The van der Waals surface area contributed by atoms with Crippen molar-refractivity contribution in [3.63, 3.8) is 0 Å². The number of quaternary nitrogens is 1. The van der Waals surface area contributed by atoms with E-state index in [-0.39, 0.29) is 31.5 Å². The van der Waals surface area contributed by atoms with Crippen LogP contribution < -0.4 is 5.32 Å². The lowest BCUT2D eigenvalue weighted by Crippen LogP contribution is -2.47. The number of nitrogens with zero attached hydrogens (tertiary/aromatic N) is 1. The zero-order valence-corrected chi connectivity index (χ0v) is 53.2. The molecule has 0 heterocycles. The van der Waals surface area contributed by atoms with Gasteiger partial charge in [0.05, 0.1) is 33.8 Å². The molecule has 0 radical (unpaired) electrons. The van der Waals surface area contributed by atoms with E-state index >= 15 is 0 Å². The van der Waals surface area contributed by atoms with E-state index in [4.69, 9.17) is 13.8 Å². The molecule has 9 nitrogen and oxygen atoms in total. The van der Waals surface area contributed by atoms with Crippen molar-refractivity contribution >= 4 is 19.7 Å². The average molecular weight is 1130 g/mol. The minimum Gasteiger partial charge on any atom is -0.456 e. The maximum atomic E-state index is 13.6. The van der Waals surface area contributed by atoms with Crippen molar-refractivity contribution in [1.82, 2.24) is 5.32 Å². The molecule has 79 heavy (non-hydrogen) atoms. The highest BCUT2D eigenvalue weighted by molar-refractivity contribution is 7.47. The van der Waals surface area contributed by atoms with Crippen molar-refractivity contribution in [3.8, 4) is 0 Å². The fourth-order valence-corrected chi connectivity index (χ4v) is 9.93. The van der Waals surface area contributed by atoms with Crippen LogP contribution in [0.2, 0.25) is 0 Å². The number of hydrogen-bond donors (Lipinski definition) is 2. The molecule has 10 heteroatoms. The van der Waals surface area contributed by atoms with Gasteiger partial charge in [-0.2, -0.15) is 0 Å². The summed E-state index contributed by atoms with van der Waals surface area (Å²) in [5, 5.41) is 3.05. The van der Waals surface area contributed by atoms with Crippen LogP contribution >= 0.6 is 7.82 Å². The molecule has 3 unspecified atom stereocenters. The first-order chi connectivity index (χ1) is 38.4. The quantitative estimate of drug-likeness (QED) is 0.0205. The number of allylic oxidation sites excluding steroid dienone is 13. The van der Waals surface area contributed by atoms with Crippen LogP contribution in [0.5, 0.6) is 0 Å². The van der Waals surface area contributed by atoms with E-state index in [1.807, 2.05) is 33.3 Å². The van der Waals surface area contributed by atoms with E-state index in [1.165, 1.54) is 154 Å². The van der Waals surface area contributed by atoms with Crippen molar-refractivity contribution < 1.29 is 37.3 Å². The zero-order valence-electron chi connectivity index (χ0n) is 52.3. The predicted octanol–water partition coefficient (Wildman–Crippen LogP) is 20.6. The molecule has 0 bridgehead atoms. The van der Waals surface area contributed by atoms with Gasteiger partial charge in [0.25, 0.3) is 0 Å². The van der Waals surface area contributed by atoms with Crippen molar-refractivity contribution in [2.24, 2.45) is 0 Å². The first-order valence-corrected chi connectivity index (χ1v) is 34.4. The van der Waals surface area contributed by atoms with Gasteiger partial charge in [-0.25, -0.2) is 4.57 Å². The van der Waals surface area contributed by atoms with E-state index in [0.29, 0.717) is 17.4 Å². The number of unbranched alkanes of at least 4 members (excludes halogenated alkanes) is 31. The molecule has 0 fully saturated rings. The predicted molar refractivity (Wildman–Crippen MR) is 341 cm³/mol. The van der Waals surface area contributed by atoms with E-state index in [1.54, 1.807) is 0 Å². The Kier molecular flexibility index (Phi) is 56.3. The summed E-state index contributed by atoms with van der Waals surface area (Å²) < 4.78 is 30.8. The van der Waals surface area contributed by atoms with Gasteiger partial charge in [0, 0.05) is 12.8 Å². The summed E-state index contributed by atoms with van der Waals surface area (Å²) in [5.41, 5.74) is 0. The van der Waals surface area contributed by atoms with Crippen molar-refractivity contribution in [3.05, 3.63) is 85.1 Å². The summed E-state index contributed by atoms with van der Waals surface area (Å²) in [7, 11) is 1.48. The number of likely N-dealkylation sites (N-methyl/N-ethyl adjacent to an activating group) is 1. The molecule has 0 aliphatic heterocycles. The summed E-state index contributed by atoms with van der Waals surface area (Å²) in [6, 6.07) is -0.865. The Morgan fingerprint density at radius 2 is 0.772 bits per heavy atom. The van der Waals surface area contributed by atoms with Gasteiger partial charge in [0.15, 0.2) is 0 Å². The van der Waals surface area contributed by atoms with Gasteiger partial charge in [0.2, 0.25) is 5.91 Å². The molecule has 3 atom stereocenters. The second kappa shape index (κ2) is 58.4. The van der Waals surface area contributed by atoms with E-state index in [9.17, 15) is 19.0 Å². The Labute approximate surface area is 488 Å². The van der Waals surface area contributed by atoms with Crippen molar-refractivity contribution in [1.29, 1.82) is 0 Å². The third kappa shape index (κ3) is 59.6. The highest BCUT2D eigenvalue weighted by Gasteiger charge is 2.30. The van der Waals surface area contributed by atoms with E-state index in [2.05, 4.69) is 99.0 Å². The smallest absolute Gasteiger partial charge is 0.456 e. The number of carbonyl (C=O) groups is 2. The minimum absolute atomic E-state index is 0.0325. The molecule has 0 spiro atoms. The maximum absolute atomic E-state index is 13.6. The summed E-state index contributed by atoms with van der Waals surface area (Å²) >= 11 is 0. The average Bonchev–Trinajstić information content (AvgIpc) is 3.41. The second-order valence-electron chi connectivity index (χ2n) is 23.3. The lowest BCUT2D eigenvalue weighted by molar-refractivity contribution is -0.870. The normalized spacial score (nSPS) is 14.2. The van der Waals surface area contributed by atoms with Crippen LogP contribution in [0, 0.1) is 0 Å². The summed E-state index contributed by atoms with van der Waals surface area (Å²) in [6.45, 7) is 6.96. The number of ether oxygens (including phenoxy) is 1. The van der Waals surface area contributed by atoms with Gasteiger partial charge >= 0.3 is 13.8 Å². The van der Waals surface area contributed by atoms with Crippen LogP contribution in [0.1, 0.15) is 290 Å². The third-order valence-electron chi connectivity index (χ3n) is 14.3. The molecule has 0 saturated carbocycles. The van der Waals surface area contributed by atoms with Crippen molar-refractivity contribution in [2.75, 3.05) is 40.9 Å². The summed E-state index contributed by atoms with van der Waals surface area (Å²) in [4.78, 5) is 37.8. The van der Waals surface area contributed by atoms with Crippen molar-refractivity contribution in [2.45, 2.75) is 303 Å². The SMILES string of the molecule is CCCCC/C=C\C/C=C\C/C=C\C/C=C\CCCCCCCC(=O)NC(COP(=O)(O)OCC[N+](C)(C)C)C(/C=C/CCCCCCCCCCCCC)OC(=O)CCCCCCCCCCC/C=C\C/C=C\CCCCC. The maximum Gasteiger partial charge on any atom is 0.472 e. The highest BCUT2D eigenvalue weighted by Crippen LogP contribution is 2.43. The molecule has 0 aromatic rings. The summed E-state index contributed by atoms with van der Waals surface area (Å²) in [6.07, 6.45) is 77.1. The highest BCUT2D eigenvalue weighted by atomic mass is 31.2. The van der Waals surface area contributed by atoms with Gasteiger partial charge in [-0.1, -0.05) is 254 Å². The van der Waals surface area contributed by atoms with E-state index in [0.717, 1.165) is 103 Å². The largest absolute Gasteiger partial charge is 0.472 e. The molecule has 0 aromatic heterocycles. The van der Waals surface area contributed by atoms with E-state index < -0.39 is 20.0 Å².